The smallest absolute Gasteiger partial charge is 0.352 e. The average molecular weight is 485 g/mol. The maximum Gasteiger partial charge on any atom is 0.434 e. The van der Waals surface area contributed by atoms with Crippen LogP contribution in [0.25, 0.3) is 0 Å². The van der Waals surface area contributed by atoms with Crippen LogP contribution in [0.15, 0.2) is 40.2 Å². The Bertz CT molecular complexity index is 887. The Morgan fingerprint density at radius 2 is 2.00 bits per heavy atom. The summed E-state index contributed by atoms with van der Waals surface area (Å²) in [5, 5.41) is 5.46. The first-order chi connectivity index (χ1) is 14.2. The zero-order chi connectivity index (χ0) is 21.7. The summed E-state index contributed by atoms with van der Waals surface area (Å²) in [4.78, 5) is 20.0. The second kappa shape index (κ2) is 9.76. The van der Waals surface area contributed by atoms with Crippen molar-refractivity contribution in [3.63, 3.8) is 0 Å². The van der Waals surface area contributed by atoms with Crippen molar-refractivity contribution < 1.29 is 18.0 Å². The first-order valence-corrected chi connectivity index (χ1v) is 10.8. The summed E-state index contributed by atoms with van der Waals surface area (Å²) in [5.74, 6) is -0.698. The fourth-order valence-corrected chi connectivity index (χ4v) is 4.13. The number of carbonyl (C=O) groups excluding carboxylic acids is 1. The number of allylic oxidation sites excluding steroid dienone is 5. The van der Waals surface area contributed by atoms with Crippen LogP contribution in [0.1, 0.15) is 61.5 Å². The van der Waals surface area contributed by atoms with Gasteiger partial charge in [-0.25, -0.2) is 9.97 Å². The molecule has 0 atom stereocenters. The summed E-state index contributed by atoms with van der Waals surface area (Å²) in [6.45, 7) is 2.20. The van der Waals surface area contributed by atoms with Crippen LogP contribution in [0.2, 0.25) is 0 Å². The molecule has 1 saturated carbocycles. The van der Waals surface area contributed by atoms with E-state index in [1.54, 1.807) is 6.08 Å². The maximum atomic E-state index is 13.6. The molecule has 0 bridgehead atoms. The van der Waals surface area contributed by atoms with Gasteiger partial charge in [0.1, 0.15) is 0 Å². The zero-order valence-electron chi connectivity index (χ0n) is 16.7. The van der Waals surface area contributed by atoms with Crippen LogP contribution in [-0.4, -0.2) is 22.4 Å². The lowest BCUT2D eigenvalue weighted by Crippen LogP contribution is -2.32. The number of rotatable bonds is 5. The largest absolute Gasteiger partial charge is 0.434 e. The molecule has 30 heavy (non-hydrogen) atoms. The van der Waals surface area contributed by atoms with Crippen molar-refractivity contribution in [2.75, 3.05) is 11.9 Å². The third-order valence-electron chi connectivity index (χ3n) is 5.22. The lowest BCUT2D eigenvalue weighted by atomic mass is 9.89. The van der Waals surface area contributed by atoms with Crippen molar-refractivity contribution in [3.05, 3.63) is 51.4 Å². The van der Waals surface area contributed by atoms with E-state index < -0.39 is 23.3 Å². The molecule has 1 heterocycles. The van der Waals surface area contributed by atoms with Gasteiger partial charge in [0.05, 0.1) is 5.56 Å². The van der Waals surface area contributed by atoms with Crippen LogP contribution in [0.3, 0.4) is 0 Å². The Labute approximate surface area is 182 Å². The number of anilines is 1. The normalized spacial score (nSPS) is 18.1. The molecule has 9 heteroatoms. The molecular formula is C21H24BrF3N4O. The van der Waals surface area contributed by atoms with Crippen molar-refractivity contribution >= 4 is 27.8 Å². The van der Waals surface area contributed by atoms with Crippen molar-refractivity contribution in [1.29, 1.82) is 0 Å². The number of amides is 1. The van der Waals surface area contributed by atoms with Crippen LogP contribution in [0.4, 0.5) is 19.1 Å². The molecule has 2 aliphatic rings. The van der Waals surface area contributed by atoms with Gasteiger partial charge in [0, 0.05) is 18.4 Å². The molecule has 1 aromatic rings. The van der Waals surface area contributed by atoms with Crippen LogP contribution in [-0.2, 0) is 6.18 Å². The molecule has 1 aromatic heterocycles. The molecule has 1 fully saturated rings. The predicted molar refractivity (Wildman–Crippen MR) is 113 cm³/mol. The van der Waals surface area contributed by atoms with Gasteiger partial charge in [-0.2, -0.15) is 13.2 Å². The van der Waals surface area contributed by atoms with E-state index in [9.17, 15) is 18.0 Å². The minimum absolute atomic E-state index is 0.212. The first kappa shape index (κ1) is 22.5. The highest BCUT2D eigenvalue weighted by molar-refractivity contribution is 9.11. The summed E-state index contributed by atoms with van der Waals surface area (Å²) >= 11 is 3.42. The topological polar surface area (TPSA) is 66.9 Å². The van der Waals surface area contributed by atoms with E-state index in [-0.39, 0.29) is 5.95 Å². The summed E-state index contributed by atoms with van der Waals surface area (Å²) in [5.41, 5.74) is -0.392. The molecule has 0 unspecified atom stereocenters. The second-order valence-corrected chi connectivity index (χ2v) is 8.61. The molecule has 1 amide bonds. The molecule has 0 spiro atoms. The van der Waals surface area contributed by atoms with Gasteiger partial charge < -0.3 is 10.6 Å². The summed E-state index contributed by atoms with van der Waals surface area (Å²) in [6, 6.07) is 0. The Morgan fingerprint density at radius 1 is 1.27 bits per heavy atom. The highest BCUT2D eigenvalue weighted by Gasteiger charge is 2.38. The van der Waals surface area contributed by atoms with Gasteiger partial charge in [-0.15, -0.1) is 0 Å². The second-order valence-electron chi connectivity index (χ2n) is 7.59. The molecule has 3 rings (SSSR count). The molecule has 2 N–H and O–H groups in total. The van der Waals surface area contributed by atoms with E-state index >= 15 is 0 Å². The lowest BCUT2D eigenvalue weighted by Gasteiger charge is -2.22. The molecule has 162 valence electrons. The third kappa shape index (κ3) is 5.93. The highest BCUT2D eigenvalue weighted by atomic mass is 79.9. The van der Waals surface area contributed by atoms with Crippen LogP contribution >= 0.6 is 15.9 Å². The van der Waals surface area contributed by atoms with E-state index in [4.69, 9.17) is 0 Å². The predicted octanol–water partition coefficient (Wildman–Crippen LogP) is 5.73. The number of carbonyl (C=O) groups is 1. The van der Waals surface area contributed by atoms with E-state index in [2.05, 4.69) is 36.5 Å². The number of nitrogens with zero attached hydrogens (tertiary/aromatic N) is 2. The summed E-state index contributed by atoms with van der Waals surface area (Å²) < 4.78 is 41.8. The molecular weight excluding hydrogens is 461 g/mol. The summed E-state index contributed by atoms with van der Waals surface area (Å²) in [6.07, 6.45) is 7.68. The van der Waals surface area contributed by atoms with E-state index in [1.807, 2.05) is 19.1 Å². The monoisotopic (exact) mass is 484 g/mol. The molecule has 0 radical (unpaired) electrons. The Balaban J connectivity index is 1.80. The Kier molecular flexibility index (Phi) is 7.33. The van der Waals surface area contributed by atoms with E-state index in [1.165, 1.54) is 6.42 Å². The van der Waals surface area contributed by atoms with Gasteiger partial charge in [-0.3, -0.25) is 4.79 Å². The minimum atomic E-state index is -4.78. The zero-order valence-corrected chi connectivity index (χ0v) is 18.2. The van der Waals surface area contributed by atoms with Crippen molar-refractivity contribution in [3.8, 4) is 0 Å². The van der Waals surface area contributed by atoms with Gasteiger partial charge >= 0.3 is 6.18 Å². The molecule has 0 aliphatic heterocycles. The number of hydrogen-bond acceptors (Lipinski definition) is 4. The lowest BCUT2D eigenvalue weighted by molar-refractivity contribution is -0.141. The van der Waals surface area contributed by atoms with Crippen molar-refractivity contribution in [1.82, 2.24) is 15.3 Å². The number of alkyl halides is 3. The highest BCUT2D eigenvalue weighted by Crippen LogP contribution is 2.31. The van der Waals surface area contributed by atoms with Crippen LogP contribution in [0, 0.1) is 5.92 Å². The average Bonchev–Trinajstić information content (AvgIpc) is 2.86. The van der Waals surface area contributed by atoms with Crippen molar-refractivity contribution in [2.45, 2.75) is 51.6 Å². The van der Waals surface area contributed by atoms with Gasteiger partial charge in [0.15, 0.2) is 5.69 Å². The SMILES string of the molecule is CC1=C(Nc2ncc(C(=O)NCC3CCCCC3)c(C(F)(F)F)n2)C=CCC(Br)=C1. The third-order valence-corrected chi connectivity index (χ3v) is 5.77. The fraction of sp³-hybridized carbons (Fsp3) is 0.476. The molecule has 2 aliphatic carbocycles. The standard InChI is InChI=1S/C21H24BrF3N4O/c1-13-10-15(22)8-5-9-17(13)28-20-27-12-16(18(29-20)21(23,24)25)19(30)26-11-14-6-3-2-4-7-14/h5,9-10,12,14H,2-4,6-8,11H2,1H3,(H,26,30)(H,27,28,29). The van der Waals surface area contributed by atoms with Gasteiger partial charge in [0.25, 0.3) is 5.91 Å². The summed E-state index contributed by atoms with van der Waals surface area (Å²) in [7, 11) is 0. The van der Waals surface area contributed by atoms with Gasteiger partial charge in [-0.1, -0.05) is 41.3 Å². The van der Waals surface area contributed by atoms with Crippen molar-refractivity contribution in [2.24, 2.45) is 5.92 Å². The molecule has 0 saturated heterocycles. The number of aromatic nitrogens is 2. The minimum Gasteiger partial charge on any atom is -0.352 e. The van der Waals surface area contributed by atoms with Gasteiger partial charge in [0.2, 0.25) is 5.95 Å². The fourth-order valence-electron chi connectivity index (χ4n) is 3.60. The Hall–Kier alpha value is -2.16. The van der Waals surface area contributed by atoms with Crippen LogP contribution < -0.4 is 10.6 Å². The van der Waals surface area contributed by atoms with E-state index in [0.717, 1.165) is 41.9 Å². The van der Waals surface area contributed by atoms with E-state index in [0.29, 0.717) is 24.6 Å². The Morgan fingerprint density at radius 3 is 2.70 bits per heavy atom. The maximum absolute atomic E-state index is 13.6. The molecule has 0 aromatic carbocycles. The quantitative estimate of drug-likeness (QED) is 0.559. The number of hydrogen-bond donors (Lipinski definition) is 2. The number of halogens is 4. The molecule has 5 nitrogen and oxygen atoms in total. The number of nitrogens with one attached hydrogen (secondary N) is 2. The first-order valence-electron chi connectivity index (χ1n) is 9.97. The van der Waals surface area contributed by atoms with Crippen LogP contribution in [0.5, 0.6) is 0 Å². The van der Waals surface area contributed by atoms with Gasteiger partial charge in [-0.05, 0) is 54.3 Å².